The molecule has 0 aliphatic rings. The molecule has 1 amide bonds. The first-order valence-corrected chi connectivity index (χ1v) is 7.96. The highest BCUT2D eigenvalue weighted by molar-refractivity contribution is 7.18. The number of benzene rings is 1. The summed E-state index contributed by atoms with van der Waals surface area (Å²) < 4.78 is 32.9. The zero-order valence-electron chi connectivity index (χ0n) is 12.7. The summed E-state index contributed by atoms with van der Waals surface area (Å²) in [7, 11) is 0. The van der Waals surface area contributed by atoms with Crippen LogP contribution in [0.3, 0.4) is 0 Å². The molecule has 2 N–H and O–H groups in total. The van der Waals surface area contributed by atoms with Crippen LogP contribution in [0.1, 0.15) is 27.9 Å². The number of aryl methyl sites for hydroxylation is 1. The Kier molecular flexibility index (Phi) is 4.39. The monoisotopic (exact) mass is 349 g/mol. The Bertz CT molecular complexity index is 927. The van der Waals surface area contributed by atoms with Crippen molar-refractivity contribution in [1.82, 2.24) is 9.97 Å². The molecule has 1 aromatic carbocycles. The molecule has 0 fully saturated rings. The first kappa shape index (κ1) is 16.3. The third-order valence-electron chi connectivity index (χ3n) is 3.41. The Morgan fingerprint density at radius 1 is 1.38 bits per heavy atom. The van der Waals surface area contributed by atoms with Crippen LogP contribution in [0.15, 0.2) is 24.4 Å². The van der Waals surface area contributed by atoms with Gasteiger partial charge in [0.05, 0.1) is 0 Å². The number of aromatic nitrogens is 2. The van der Waals surface area contributed by atoms with E-state index in [0.717, 1.165) is 34.5 Å². The van der Waals surface area contributed by atoms with Gasteiger partial charge in [0.15, 0.2) is 11.6 Å². The van der Waals surface area contributed by atoms with E-state index in [1.807, 2.05) is 13.0 Å². The first-order valence-electron chi connectivity index (χ1n) is 7.14. The summed E-state index contributed by atoms with van der Waals surface area (Å²) in [6, 6.07) is 3.98. The van der Waals surface area contributed by atoms with E-state index in [0.29, 0.717) is 5.01 Å². The second-order valence-electron chi connectivity index (χ2n) is 5.02. The van der Waals surface area contributed by atoms with Gasteiger partial charge in [-0.1, -0.05) is 18.3 Å². The number of carbonyl (C=O) groups excluding carboxylic acids is 1. The maximum absolute atomic E-state index is 14.1. The Hall–Kier alpha value is -2.61. The number of thiazole rings is 1. The molecule has 0 bridgehead atoms. The van der Waals surface area contributed by atoms with Gasteiger partial charge in [-0.25, -0.2) is 18.7 Å². The number of fused-ring (bicyclic) bond motifs is 1. The molecule has 0 aliphatic carbocycles. The number of hydrogen-bond acceptors (Lipinski definition) is 5. The Morgan fingerprint density at radius 3 is 2.88 bits per heavy atom. The minimum Gasteiger partial charge on any atom is -0.483 e. The molecule has 0 atom stereocenters. The van der Waals surface area contributed by atoms with Gasteiger partial charge in [0, 0.05) is 6.20 Å². The number of hydrogen-bond donors (Lipinski definition) is 1. The smallest absolute Gasteiger partial charge is 0.254 e. The second-order valence-corrected chi connectivity index (χ2v) is 6.08. The zero-order valence-corrected chi connectivity index (χ0v) is 13.5. The SMILES string of the molecule is CCc1cnc2sc(COc3ccc(F)c(C(N)=O)c3F)nc2c1. The van der Waals surface area contributed by atoms with E-state index in [1.54, 1.807) is 6.20 Å². The number of ether oxygens (including phenoxy) is 1. The van der Waals surface area contributed by atoms with Gasteiger partial charge in [-0.2, -0.15) is 0 Å². The number of rotatable bonds is 5. The van der Waals surface area contributed by atoms with Crippen molar-refractivity contribution in [2.24, 2.45) is 5.73 Å². The third-order valence-corrected chi connectivity index (χ3v) is 4.36. The van der Waals surface area contributed by atoms with Gasteiger partial charge >= 0.3 is 0 Å². The van der Waals surface area contributed by atoms with Crippen LogP contribution in [0.25, 0.3) is 10.3 Å². The van der Waals surface area contributed by atoms with Crippen LogP contribution in [-0.2, 0) is 13.0 Å². The fourth-order valence-electron chi connectivity index (χ4n) is 2.18. The quantitative estimate of drug-likeness (QED) is 0.767. The number of carbonyl (C=O) groups is 1. The average Bonchev–Trinajstić information content (AvgIpc) is 2.95. The molecular weight excluding hydrogens is 336 g/mol. The van der Waals surface area contributed by atoms with E-state index in [-0.39, 0.29) is 12.4 Å². The van der Waals surface area contributed by atoms with Crippen LogP contribution in [-0.4, -0.2) is 15.9 Å². The minimum absolute atomic E-state index is 0.0246. The van der Waals surface area contributed by atoms with Crippen molar-refractivity contribution in [2.45, 2.75) is 20.0 Å². The Morgan fingerprint density at radius 2 is 2.17 bits per heavy atom. The fourth-order valence-corrected chi connectivity index (χ4v) is 2.97. The molecular formula is C16H13F2N3O2S. The van der Waals surface area contributed by atoms with E-state index in [1.165, 1.54) is 11.3 Å². The lowest BCUT2D eigenvalue weighted by molar-refractivity contribution is 0.0991. The number of nitrogens with zero attached hydrogens (tertiary/aromatic N) is 2. The van der Waals surface area contributed by atoms with Crippen molar-refractivity contribution in [1.29, 1.82) is 0 Å². The van der Waals surface area contributed by atoms with Crippen molar-refractivity contribution in [3.05, 3.63) is 52.2 Å². The van der Waals surface area contributed by atoms with Crippen LogP contribution in [0, 0.1) is 11.6 Å². The molecule has 0 saturated heterocycles. The summed E-state index contributed by atoms with van der Waals surface area (Å²) >= 11 is 1.32. The van der Waals surface area contributed by atoms with Crippen LogP contribution < -0.4 is 10.5 Å². The molecule has 3 rings (SSSR count). The normalized spacial score (nSPS) is 11.0. The van der Waals surface area contributed by atoms with E-state index in [9.17, 15) is 13.6 Å². The van der Waals surface area contributed by atoms with Crippen molar-refractivity contribution in [3.63, 3.8) is 0 Å². The van der Waals surface area contributed by atoms with E-state index < -0.39 is 23.1 Å². The second kappa shape index (κ2) is 6.48. The molecule has 2 aromatic heterocycles. The minimum atomic E-state index is -1.19. The molecule has 0 saturated carbocycles. The number of halogens is 2. The highest BCUT2D eigenvalue weighted by Crippen LogP contribution is 2.26. The topological polar surface area (TPSA) is 78.1 Å². The molecule has 24 heavy (non-hydrogen) atoms. The lowest BCUT2D eigenvalue weighted by Gasteiger charge is -2.08. The lowest BCUT2D eigenvalue weighted by Crippen LogP contribution is -2.16. The van der Waals surface area contributed by atoms with Crippen LogP contribution in [0.2, 0.25) is 0 Å². The van der Waals surface area contributed by atoms with E-state index in [4.69, 9.17) is 10.5 Å². The summed E-state index contributed by atoms with van der Waals surface area (Å²) in [5.41, 5.74) is 5.97. The predicted octanol–water partition coefficient (Wildman–Crippen LogP) is 3.21. The highest BCUT2D eigenvalue weighted by atomic mass is 32.1. The molecule has 3 aromatic rings. The van der Waals surface area contributed by atoms with Gasteiger partial charge in [0.2, 0.25) is 0 Å². The third kappa shape index (κ3) is 3.05. The van der Waals surface area contributed by atoms with E-state index >= 15 is 0 Å². The largest absolute Gasteiger partial charge is 0.483 e. The number of pyridine rings is 1. The molecule has 0 aliphatic heterocycles. The van der Waals surface area contributed by atoms with Gasteiger partial charge in [0.1, 0.15) is 33.3 Å². The summed E-state index contributed by atoms with van der Waals surface area (Å²) in [4.78, 5) is 20.6. The number of nitrogens with two attached hydrogens (primary N) is 1. The molecule has 124 valence electrons. The summed E-state index contributed by atoms with van der Waals surface area (Å²) in [6.45, 7) is 2.00. The lowest BCUT2D eigenvalue weighted by atomic mass is 10.2. The highest BCUT2D eigenvalue weighted by Gasteiger charge is 2.19. The average molecular weight is 349 g/mol. The molecule has 0 spiro atoms. The maximum atomic E-state index is 14.1. The Labute approximate surface area is 140 Å². The fraction of sp³-hybridized carbons (Fsp3) is 0.188. The van der Waals surface area contributed by atoms with Gasteiger partial charge in [-0.15, -0.1) is 0 Å². The van der Waals surface area contributed by atoms with Gasteiger partial charge < -0.3 is 10.5 Å². The van der Waals surface area contributed by atoms with Crippen molar-refractivity contribution in [3.8, 4) is 5.75 Å². The van der Waals surface area contributed by atoms with Crippen molar-refractivity contribution in [2.75, 3.05) is 0 Å². The molecule has 2 heterocycles. The van der Waals surface area contributed by atoms with Crippen LogP contribution in [0.5, 0.6) is 5.75 Å². The number of amides is 1. The van der Waals surface area contributed by atoms with Crippen LogP contribution in [0.4, 0.5) is 8.78 Å². The molecule has 0 radical (unpaired) electrons. The maximum Gasteiger partial charge on any atom is 0.254 e. The standard InChI is InChI=1S/C16H13F2N3O2S/c1-2-8-5-10-16(20-6-8)24-12(21-10)7-23-11-4-3-9(17)13(14(11)18)15(19)22/h3-6H,2,7H2,1H3,(H2,19,22). The van der Waals surface area contributed by atoms with E-state index in [2.05, 4.69) is 9.97 Å². The molecule has 8 heteroatoms. The van der Waals surface area contributed by atoms with Crippen molar-refractivity contribution >= 4 is 27.6 Å². The number of primary amides is 1. The van der Waals surface area contributed by atoms with Crippen molar-refractivity contribution < 1.29 is 18.3 Å². The molecule has 5 nitrogen and oxygen atoms in total. The molecule has 0 unspecified atom stereocenters. The predicted molar refractivity (Wildman–Crippen MR) is 86.0 cm³/mol. The summed E-state index contributed by atoms with van der Waals surface area (Å²) in [5.74, 6) is -3.59. The Balaban J connectivity index is 1.83. The van der Waals surface area contributed by atoms with Gasteiger partial charge in [-0.3, -0.25) is 4.79 Å². The van der Waals surface area contributed by atoms with Crippen LogP contribution >= 0.6 is 11.3 Å². The summed E-state index contributed by atoms with van der Waals surface area (Å²) in [6.07, 6.45) is 2.63. The summed E-state index contributed by atoms with van der Waals surface area (Å²) in [5, 5.41) is 0.593. The zero-order chi connectivity index (χ0) is 17.3. The van der Waals surface area contributed by atoms with Gasteiger partial charge in [0.25, 0.3) is 5.91 Å². The van der Waals surface area contributed by atoms with Gasteiger partial charge in [-0.05, 0) is 30.2 Å². The first-order chi connectivity index (χ1) is 11.5.